The molecule has 0 saturated heterocycles. The molecule has 1 atom stereocenters. The Morgan fingerprint density at radius 3 is 3.00 bits per heavy atom. The molecule has 0 saturated carbocycles. The van der Waals surface area contributed by atoms with Gasteiger partial charge in [-0.3, -0.25) is 4.99 Å². The third-order valence-electron chi connectivity index (χ3n) is 2.51. The molecule has 1 aromatic rings. The summed E-state index contributed by atoms with van der Waals surface area (Å²) < 4.78 is 0. The molecule has 0 radical (unpaired) electrons. The number of rotatable bonds is 1. The fourth-order valence-electron chi connectivity index (χ4n) is 1.92. The summed E-state index contributed by atoms with van der Waals surface area (Å²) in [4.78, 5) is 7.98. The Morgan fingerprint density at radius 2 is 2.31 bits per heavy atom. The lowest BCUT2D eigenvalue weighted by Crippen LogP contribution is -2.21. The summed E-state index contributed by atoms with van der Waals surface area (Å²) in [7, 11) is 0. The van der Waals surface area contributed by atoms with E-state index in [1.807, 2.05) is 6.20 Å². The molecule has 13 heavy (non-hydrogen) atoms. The van der Waals surface area contributed by atoms with Crippen LogP contribution < -0.4 is 0 Å². The number of H-pyrrole nitrogens is 1. The Labute approximate surface area is 79.1 Å². The van der Waals surface area contributed by atoms with Gasteiger partial charge in [-0.15, -0.1) is 0 Å². The van der Waals surface area contributed by atoms with E-state index in [1.54, 1.807) is 0 Å². The van der Waals surface area contributed by atoms with Crippen molar-refractivity contribution in [1.29, 1.82) is 0 Å². The summed E-state index contributed by atoms with van der Waals surface area (Å²) >= 11 is 0. The van der Waals surface area contributed by atoms with E-state index in [0.29, 0.717) is 12.0 Å². The molecule has 2 rings (SSSR count). The number of aromatic amines is 1. The van der Waals surface area contributed by atoms with Gasteiger partial charge in [0.2, 0.25) is 0 Å². The van der Waals surface area contributed by atoms with Gasteiger partial charge >= 0.3 is 0 Å². The first-order valence-electron chi connectivity index (χ1n) is 4.93. The number of hydrogen-bond donors (Lipinski definition) is 1. The number of nitrogens with zero attached hydrogens (tertiary/aromatic N) is 1. The quantitative estimate of drug-likeness (QED) is 0.680. The number of fused-ring (bicyclic) bond motifs is 1. The second-order valence-corrected chi connectivity index (χ2v) is 4.09. The van der Waals surface area contributed by atoms with Gasteiger partial charge < -0.3 is 4.98 Å². The molecule has 1 aliphatic heterocycles. The second kappa shape index (κ2) is 3.02. The van der Waals surface area contributed by atoms with Crippen molar-refractivity contribution < 1.29 is 0 Å². The molecule has 70 valence electrons. The number of nitrogens with one attached hydrogen (secondary N) is 1. The van der Waals surface area contributed by atoms with Crippen molar-refractivity contribution in [1.82, 2.24) is 4.98 Å². The van der Waals surface area contributed by atoms with Crippen molar-refractivity contribution in [2.75, 3.05) is 0 Å². The van der Waals surface area contributed by atoms with Crippen molar-refractivity contribution in [2.24, 2.45) is 10.9 Å². The topological polar surface area (TPSA) is 28.1 Å². The van der Waals surface area contributed by atoms with Crippen LogP contribution in [0.5, 0.6) is 0 Å². The van der Waals surface area contributed by atoms with Crippen LogP contribution in [0.1, 0.15) is 32.0 Å². The smallest absolute Gasteiger partial charge is 0.0529 e. The Kier molecular flexibility index (Phi) is 1.98. The summed E-state index contributed by atoms with van der Waals surface area (Å²) in [5.74, 6) is 0.525. The summed E-state index contributed by atoms with van der Waals surface area (Å²) in [6.45, 7) is 6.58. The lowest BCUT2D eigenvalue weighted by Gasteiger charge is -2.20. The molecule has 0 spiro atoms. The SMILES string of the molecule is CC(C)C1=N[C@H](C)Cc2[nH]ccc21. The number of hydrogen-bond acceptors (Lipinski definition) is 1. The first-order chi connectivity index (χ1) is 6.18. The molecule has 0 aromatic carbocycles. The molecular formula is C11H16N2. The molecule has 2 nitrogen and oxygen atoms in total. The first kappa shape index (κ1) is 8.54. The summed E-state index contributed by atoms with van der Waals surface area (Å²) in [5, 5.41) is 0. The second-order valence-electron chi connectivity index (χ2n) is 4.09. The van der Waals surface area contributed by atoms with Crippen LogP contribution in [0.15, 0.2) is 17.3 Å². The van der Waals surface area contributed by atoms with Gasteiger partial charge in [-0.2, -0.15) is 0 Å². The van der Waals surface area contributed by atoms with Gasteiger partial charge in [-0.25, -0.2) is 0 Å². The molecule has 0 bridgehead atoms. The minimum Gasteiger partial charge on any atom is -0.364 e. The van der Waals surface area contributed by atoms with E-state index in [4.69, 9.17) is 4.99 Å². The molecule has 0 fully saturated rings. The Bertz CT molecular complexity index is 334. The fraction of sp³-hybridized carbons (Fsp3) is 0.545. The van der Waals surface area contributed by atoms with E-state index >= 15 is 0 Å². The van der Waals surface area contributed by atoms with Crippen molar-refractivity contribution in [2.45, 2.75) is 33.2 Å². The van der Waals surface area contributed by atoms with Gasteiger partial charge in [0.25, 0.3) is 0 Å². The number of aromatic nitrogens is 1. The van der Waals surface area contributed by atoms with Gasteiger partial charge in [-0.1, -0.05) is 13.8 Å². The highest BCUT2D eigenvalue weighted by Crippen LogP contribution is 2.21. The van der Waals surface area contributed by atoms with E-state index in [1.165, 1.54) is 17.0 Å². The van der Waals surface area contributed by atoms with Crippen LogP contribution in [0.4, 0.5) is 0 Å². The largest absolute Gasteiger partial charge is 0.364 e. The fourth-order valence-corrected chi connectivity index (χ4v) is 1.92. The summed E-state index contributed by atoms with van der Waals surface area (Å²) in [6, 6.07) is 2.57. The van der Waals surface area contributed by atoms with Crippen LogP contribution in [0.3, 0.4) is 0 Å². The lowest BCUT2D eigenvalue weighted by molar-refractivity contribution is 0.697. The maximum absolute atomic E-state index is 4.69. The molecule has 1 aliphatic rings. The monoisotopic (exact) mass is 176 g/mol. The Balaban J connectivity index is 2.45. The lowest BCUT2D eigenvalue weighted by atomic mass is 9.94. The van der Waals surface area contributed by atoms with Crippen LogP contribution >= 0.6 is 0 Å². The van der Waals surface area contributed by atoms with Crippen LogP contribution in [-0.4, -0.2) is 16.7 Å². The van der Waals surface area contributed by atoms with E-state index in [0.717, 1.165) is 6.42 Å². The standard InChI is InChI=1S/C11H16N2/c1-7(2)11-9-4-5-12-10(9)6-8(3)13-11/h4-5,7-8,12H,6H2,1-3H3/t8-/m1/s1. The maximum atomic E-state index is 4.69. The normalized spacial score (nSPS) is 21.5. The highest BCUT2D eigenvalue weighted by molar-refractivity contribution is 6.03. The first-order valence-corrected chi connectivity index (χ1v) is 4.93. The van der Waals surface area contributed by atoms with Gasteiger partial charge in [0.05, 0.1) is 6.04 Å². The summed E-state index contributed by atoms with van der Waals surface area (Å²) in [6.07, 6.45) is 3.07. The minimum absolute atomic E-state index is 0.434. The Hall–Kier alpha value is -1.05. The zero-order chi connectivity index (χ0) is 9.42. The third kappa shape index (κ3) is 1.41. The van der Waals surface area contributed by atoms with Crippen molar-refractivity contribution >= 4 is 5.71 Å². The zero-order valence-corrected chi connectivity index (χ0v) is 8.46. The molecule has 2 heterocycles. The molecule has 1 N–H and O–H groups in total. The molecule has 0 amide bonds. The highest BCUT2D eigenvalue weighted by atomic mass is 14.8. The highest BCUT2D eigenvalue weighted by Gasteiger charge is 2.20. The maximum Gasteiger partial charge on any atom is 0.0529 e. The predicted octanol–water partition coefficient (Wildman–Crippen LogP) is 2.40. The van der Waals surface area contributed by atoms with Gasteiger partial charge in [0, 0.05) is 29.6 Å². The van der Waals surface area contributed by atoms with Crippen molar-refractivity contribution in [3.63, 3.8) is 0 Å². The zero-order valence-electron chi connectivity index (χ0n) is 8.46. The van der Waals surface area contributed by atoms with E-state index < -0.39 is 0 Å². The average Bonchev–Trinajstić information content (AvgIpc) is 2.49. The van der Waals surface area contributed by atoms with E-state index in [9.17, 15) is 0 Å². The molecule has 0 unspecified atom stereocenters. The van der Waals surface area contributed by atoms with E-state index in [-0.39, 0.29) is 0 Å². The van der Waals surface area contributed by atoms with Crippen LogP contribution in [0.25, 0.3) is 0 Å². The van der Waals surface area contributed by atoms with Crippen LogP contribution in [-0.2, 0) is 6.42 Å². The summed E-state index contributed by atoms with van der Waals surface area (Å²) in [5.41, 5.74) is 3.94. The predicted molar refractivity (Wildman–Crippen MR) is 55.3 cm³/mol. The van der Waals surface area contributed by atoms with Crippen LogP contribution in [0.2, 0.25) is 0 Å². The average molecular weight is 176 g/mol. The van der Waals surface area contributed by atoms with Gasteiger partial charge in [-0.05, 0) is 18.9 Å². The third-order valence-corrected chi connectivity index (χ3v) is 2.51. The van der Waals surface area contributed by atoms with Gasteiger partial charge in [0.15, 0.2) is 0 Å². The van der Waals surface area contributed by atoms with Crippen molar-refractivity contribution in [3.8, 4) is 0 Å². The van der Waals surface area contributed by atoms with Crippen LogP contribution in [0, 0.1) is 5.92 Å². The Morgan fingerprint density at radius 1 is 1.54 bits per heavy atom. The number of aliphatic imine (C=N–C) groups is 1. The molecule has 2 heteroatoms. The molecule has 0 aliphatic carbocycles. The van der Waals surface area contributed by atoms with Gasteiger partial charge in [0.1, 0.15) is 0 Å². The van der Waals surface area contributed by atoms with Crippen molar-refractivity contribution in [3.05, 3.63) is 23.5 Å². The molecular weight excluding hydrogens is 160 g/mol. The molecule has 1 aromatic heterocycles. The minimum atomic E-state index is 0.434. The van der Waals surface area contributed by atoms with E-state index in [2.05, 4.69) is 31.8 Å².